The van der Waals surface area contributed by atoms with Crippen LogP contribution < -0.4 is 9.47 Å². The number of rotatable bonds is 4. The van der Waals surface area contributed by atoms with Crippen LogP contribution in [0.5, 0.6) is 11.5 Å². The highest BCUT2D eigenvalue weighted by molar-refractivity contribution is 9.11. The molecule has 6 heteroatoms. The first kappa shape index (κ1) is 15.5. The molecule has 0 aliphatic rings. The summed E-state index contributed by atoms with van der Waals surface area (Å²) in [6, 6.07) is 14.1. The van der Waals surface area contributed by atoms with E-state index in [2.05, 4.69) is 31.9 Å². The number of carbonyl (C=O) groups is 1. The molecule has 0 bridgehead atoms. The second-order valence-electron chi connectivity index (χ2n) is 3.96. The van der Waals surface area contributed by atoms with Crippen LogP contribution >= 0.6 is 31.9 Å². The van der Waals surface area contributed by atoms with Crippen LogP contribution in [0.25, 0.3) is 0 Å². The summed E-state index contributed by atoms with van der Waals surface area (Å²) in [5.74, 6) is 0.369. The predicted octanol–water partition coefficient (Wildman–Crippen LogP) is 4.07. The minimum Gasteiger partial charge on any atom is -0.482 e. The quantitative estimate of drug-likeness (QED) is 0.563. The van der Waals surface area contributed by atoms with Gasteiger partial charge < -0.3 is 9.47 Å². The van der Waals surface area contributed by atoms with Crippen molar-refractivity contribution in [2.45, 2.75) is 0 Å². The van der Waals surface area contributed by atoms with Gasteiger partial charge in [0.1, 0.15) is 5.75 Å². The second kappa shape index (κ2) is 7.25. The first-order valence-corrected chi connectivity index (χ1v) is 7.46. The number of para-hydroxylation sites is 1. The number of hydrogen-bond donors (Lipinski definition) is 0. The molecule has 2 aromatic carbocycles. The van der Waals surface area contributed by atoms with E-state index in [1.54, 1.807) is 24.3 Å². The number of halogens is 2. The lowest BCUT2D eigenvalue weighted by Gasteiger charge is -2.10. The Morgan fingerprint density at radius 1 is 1.14 bits per heavy atom. The first-order chi connectivity index (χ1) is 10.1. The molecule has 4 nitrogen and oxygen atoms in total. The predicted molar refractivity (Wildman–Crippen MR) is 84.1 cm³/mol. The molecule has 0 N–H and O–H groups in total. The average molecular weight is 411 g/mol. The van der Waals surface area contributed by atoms with Gasteiger partial charge in [0.25, 0.3) is 0 Å². The number of nitrogens with zero attached hydrogens (tertiary/aromatic N) is 1. The minimum atomic E-state index is -0.537. The smallest absolute Gasteiger partial charge is 0.349 e. The largest absolute Gasteiger partial charge is 0.482 e. The molecule has 0 radical (unpaired) electrons. The highest BCUT2D eigenvalue weighted by Crippen LogP contribution is 2.34. The topological polar surface area (TPSA) is 59.3 Å². The molecule has 0 aliphatic heterocycles. The monoisotopic (exact) mass is 409 g/mol. The molecule has 0 atom stereocenters. The van der Waals surface area contributed by atoms with E-state index in [0.717, 1.165) is 0 Å². The van der Waals surface area contributed by atoms with Crippen molar-refractivity contribution in [3.63, 3.8) is 0 Å². The lowest BCUT2D eigenvalue weighted by molar-refractivity contribution is -0.136. The molecule has 2 aromatic rings. The Balaban J connectivity index is 2.02. The number of ether oxygens (including phenoxy) is 2. The van der Waals surface area contributed by atoms with E-state index in [-0.39, 0.29) is 6.61 Å². The summed E-state index contributed by atoms with van der Waals surface area (Å²) >= 11 is 6.53. The summed E-state index contributed by atoms with van der Waals surface area (Å²) in [6.45, 7) is -0.205. The number of esters is 1. The maximum atomic E-state index is 11.8. The van der Waals surface area contributed by atoms with Crippen LogP contribution in [0.4, 0.5) is 0 Å². The van der Waals surface area contributed by atoms with Gasteiger partial charge in [0, 0.05) is 0 Å². The first-order valence-electron chi connectivity index (χ1n) is 5.88. The van der Waals surface area contributed by atoms with Crippen molar-refractivity contribution in [3.05, 3.63) is 57.0 Å². The lowest BCUT2D eigenvalue weighted by Crippen LogP contribution is -2.18. The van der Waals surface area contributed by atoms with Crippen LogP contribution in [0, 0.1) is 11.3 Å². The van der Waals surface area contributed by atoms with Gasteiger partial charge in [0.15, 0.2) is 12.4 Å². The molecule has 0 saturated heterocycles. The third-order valence-electron chi connectivity index (χ3n) is 2.44. The summed E-state index contributed by atoms with van der Waals surface area (Å²) < 4.78 is 11.6. The standard InChI is InChI=1S/C15H9Br2NO3/c16-12-6-10(8-18)7-13(17)15(12)21-14(19)9-20-11-4-2-1-3-5-11/h1-7H,9H2. The van der Waals surface area contributed by atoms with Gasteiger partial charge in [-0.1, -0.05) is 18.2 Å². The molecule has 0 aromatic heterocycles. The van der Waals surface area contributed by atoms with Gasteiger partial charge in [-0.2, -0.15) is 5.26 Å². The van der Waals surface area contributed by atoms with Crippen LogP contribution in [0.15, 0.2) is 51.4 Å². The molecule has 0 fully saturated rings. The van der Waals surface area contributed by atoms with E-state index in [1.807, 2.05) is 24.3 Å². The van der Waals surface area contributed by atoms with Crippen LogP contribution in [-0.4, -0.2) is 12.6 Å². The molecule has 2 rings (SSSR count). The molecule has 0 amide bonds. The maximum absolute atomic E-state index is 11.8. The summed E-state index contributed by atoms with van der Waals surface area (Å²) in [5.41, 5.74) is 0.453. The van der Waals surface area contributed by atoms with Crippen molar-refractivity contribution in [1.29, 1.82) is 5.26 Å². The number of carbonyl (C=O) groups excluding carboxylic acids is 1. The highest BCUT2D eigenvalue weighted by atomic mass is 79.9. The third kappa shape index (κ3) is 4.31. The van der Waals surface area contributed by atoms with Crippen LogP contribution in [-0.2, 0) is 4.79 Å². The van der Waals surface area contributed by atoms with Gasteiger partial charge in [0.2, 0.25) is 0 Å². The van der Waals surface area contributed by atoms with Crippen LogP contribution in [0.3, 0.4) is 0 Å². The van der Waals surface area contributed by atoms with Crippen LogP contribution in [0.1, 0.15) is 5.56 Å². The van der Waals surface area contributed by atoms with Crippen molar-refractivity contribution < 1.29 is 14.3 Å². The van der Waals surface area contributed by atoms with Gasteiger partial charge >= 0.3 is 5.97 Å². The zero-order valence-corrected chi connectivity index (χ0v) is 13.8. The fraction of sp³-hybridized carbons (Fsp3) is 0.0667. The van der Waals surface area contributed by atoms with Gasteiger partial charge in [-0.3, -0.25) is 0 Å². The molecule has 0 heterocycles. The number of benzene rings is 2. The summed E-state index contributed by atoms with van der Waals surface area (Å²) in [4.78, 5) is 11.8. The van der Waals surface area contributed by atoms with E-state index in [9.17, 15) is 4.79 Å². The molecular weight excluding hydrogens is 402 g/mol. The average Bonchev–Trinajstić information content (AvgIpc) is 2.49. The minimum absolute atomic E-state index is 0.205. The van der Waals surface area contributed by atoms with Gasteiger partial charge in [-0.15, -0.1) is 0 Å². The van der Waals surface area contributed by atoms with E-state index >= 15 is 0 Å². The van der Waals surface area contributed by atoms with Crippen molar-refractivity contribution in [2.75, 3.05) is 6.61 Å². The Morgan fingerprint density at radius 3 is 2.33 bits per heavy atom. The fourth-order valence-corrected chi connectivity index (χ4v) is 2.87. The summed E-state index contributed by atoms with van der Waals surface area (Å²) in [6.07, 6.45) is 0. The Bertz CT molecular complexity index is 673. The van der Waals surface area contributed by atoms with Crippen LogP contribution in [0.2, 0.25) is 0 Å². The lowest BCUT2D eigenvalue weighted by atomic mass is 10.2. The van der Waals surface area contributed by atoms with E-state index in [1.165, 1.54) is 0 Å². The second-order valence-corrected chi connectivity index (χ2v) is 5.67. The van der Waals surface area contributed by atoms with Gasteiger partial charge in [-0.05, 0) is 56.1 Å². The number of hydrogen-bond acceptors (Lipinski definition) is 4. The van der Waals surface area contributed by atoms with Gasteiger partial charge in [0.05, 0.1) is 20.6 Å². The molecule has 0 saturated carbocycles. The summed E-state index contributed by atoms with van der Waals surface area (Å²) in [7, 11) is 0. The highest BCUT2D eigenvalue weighted by Gasteiger charge is 2.14. The number of nitriles is 1. The normalized spacial score (nSPS) is 9.76. The summed E-state index contributed by atoms with van der Waals surface area (Å²) in [5, 5.41) is 8.85. The Labute approximate surface area is 138 Å². The maximum Gasteiger partial charge on any atom is 0.349 e. The molecule has 21 heavy (non-hydrogen) atoms. The van der Waals surface area contributed by atoms with E-state index in [4.69, 9.17) is 14.7 Å². The van der Waals surface area contributed by atoms with Crippen molar-refractivity contribution in [3.8, 4) is 17.6 Å². The van der Waals surface area contributed by atoms with Gasteiger partial charge in [-0.25, -0.2) is 4.79 Å². The molecule has 0 aliphatic carbocycles. The van der Waals surface area contributed by atoms with E-state index in [0.29, 0.717) is 26.0 Å². The zero-order valence-electron chi connectivity index (χ0n) is 10.7. The van der Waals surface area contributed by atoms with Crippen molar-refractivity contribution in [1.82, 2.24) is 0 Å². The molecular formula is C15H9Br2NO3. The van der Waals surface area contributed by atoms with Crippen molar-refractivity contribution >= 4 is 37.8 Å². The Hall–Kier alpha value is -1.84. The Morgan fingerprint density at radius 2 is 1.76 bits per heavy atom. The SMILES string of the molecule is N#Cc1cc(Br)c(OC(=O)COc2ccccc2)c(Br)c1. The van der Waals surface area contributed by atoms with Crippen molar-refractivity contribution in [2.24, 2.45) is 0 Å². The van der Waals surface area contributed by atoms with E-state index < -0.39 is 5.97 Å². The Kier molecular flexibility index (Phi) is 5.37. The fourth-order valence-electron chi connectivity index (χ4n) is 1.52. The molecule has 106 valence electrons. The molecule has 0 spiro atoms. The zero-order chi connectivity index (χ0) is 15.2. The molecule has 0 unspecified atom stereocenters. The third-order valence-corrected chi connectivity index (χ3v) is 3.62.